The summed E-state index contributed by atoms with van der Waals surface area (Å²) in [6, 6.07) is 5.06. The number of β-amino-alcohol motifs (C(OH)–C–C–N with tert-alkyl or cyclic N) is 1. The van der Waals surface area contributed by atoms with Crippen LogP contribution in [-0.4, -0.2) is 51.8 Å². The first-order valence-electron chi connectivity index (χ1n) is 8.54. The number of halogens is 2. The molecule has 1 aliphatic carbocycles. The van der Waals surface area contributed by atoms with E-state index in [9.17, 15) is 18.1 Å². The molecule has 1 aromatic heterocycles. The summed E-state index contributed by atoms with van der Waals surface area (Å²) in [4.78, 5) is 10.8. The minimum atomic E-state index is -3.01. The van der Waals surface area contributed by atoms with Crippen molar-refractivity contribution in [3.63, 3.8) is 0 Å². The molecule has 2 heterocycles. The van der Waals surface area contributed by atoms with E-state index in [-0.39, 0.29) is 24.5 Å². The number of nitrogens with zero attached hydrogens (tertiary/aromatic N) is 3. The Bertz CT molecular complexity index is 932. The molecule has 2 aromatic rings. The molecule has 1 atom stereocenters. The van der Waals surface area contributed by atoms with Crippen LogP contribution >= 0.6 is 0 Å². The second kappa shape index (κ2) is 6.49. The van der Waals surface area contributed by atoms with E-state index in [1.54, 1.807) is 23.1 Å². The van der Waals surface area contributed by atoms with Crippen molar-refractivity contribution in [2.75, 3.05) is 31.4 Å². The lowest BCUT2D eigenvalue weighted by Gasteiger charge is -2.36. The lowest BCUT2D eigenvalue weighted by molar-refractivity contribution is -0.00596. The predicted octanol–water partition coefficient (Wildman–Crippen LogP) is 2.11. The van der Waals surface area contributed by atoms with Crippen molar-refractivity contribution in [3.8, 4) is 17.0 Å². The van der Waals surface area contributed by atoms with Crippen molar-refractivity contribution in [1.82, 2.24) is 9.97 Å². The quantitative estimate of drug-likeness (QED) is 0.855. The van der Waals surface area contributed by atoms with Crippen LogP contribution in [-0.2, 0) is 23.1 Å². The highest BCUT2D eigenvalue weighted by Gasteiger charge is 2.44. The number of aliphatic hydroxyl groups is 1. The Morgan fingerprint density at radius 3 is 2.70 bits per heavy atom. The first-order chi connectivity index (χ1) is 12.8. The molecule has 144 valence electrons. The molecular formula is C18H19F2N3O3S. The molecule has 4 rings (SSSR count). The van der Waals surface area contributed by atoms with Crippen molar-refractivity contribution in [2.45, 2.75) is 29.8 Å². The summed E-state index contributed by atoms with van der Waals surface area (Å²) in [5, 5.41) is 9.52. The molecule has 9 heteroatoms. The summed E-state index contributed by atoms with van der Waals surface area (Å²) in [5.74, 6) is -2.35. The first kappa shape index (κ1) is 18.2. The smallest absolute Gasteiger partial charge is 0.290 e. The van der Waals surface area contributed by atoms with E-state index < -0.39 is 22.8 Å². The van der Waals surface area contributed by atoms with Crippen molar-refractivity contribution in [1.29, 1.82) is 0 Å². The zero-order chi connectivity index (χ0) is 19.3. The Kier molecular flexibility index (Phi) is 4.38. The Hall–Kier alpha value is -2.13. The fourth-order valence-electron chi connectivity index (χ4n) is 3.46. The SMILES string of the molecule is COc1ccc(-c2nc(N3CC(O)C3)nc3c2CCC3(F)F)cc1S(C)=O. The van der Waals surface area contributed by atoms with Crippen LogP contribution in [0.5, 0.6) is 5.75 Å². The summed E-state index contributed by atoms with van der Waals surface area (Å²) in [6.45, 7) is 0.632. The minimum Gasteiger partial charge on any atom is -0.495 e. The van der Waals surface area contributed by atoms with Crippen molar-refractivity contribution in [3.05, 3.63) is 29.5 Å². The summed E-state index contributed by atoms with van der Waals surface area (Å²) in [7, 11) is 0.180. The van der Waals surface area contributed by atoms with Crippen molar-refractivity contribution in [2.24, 2.45) is 0 Å². The van der Waals surface area contributed by atoms with Crippen molar-refractivity contribution < 1.29 is 22.8 Å². The topological polar surface area (TPSA) is 75.6 Å². The zero-order valence-corrected chi connectivity index (χ0v) is 15.7. The van der Waals surface area contributed by atoms with Crippen molar-refractivity contribution >= 4 is 16.7 Å². The van der Waals surface area contributed by atoms with Gasteiger partial charge in [-0.25, -0.2) is 9.97 Å². The molecule has 0 spiro atoms. The van der Waals surface area contributed by atoms with Crippen LogP contribution in [0.15, 0.2) is 23.1 Å². The molecule has 1 N–H and O–H groups in total. The number of aliphatic hydroxyl groups excluding tert-OH is 1. The third kappa shape index (κ3) is 3.08. The van der Waals surface area contributed by atoms with Gasteiger partial charge in [0.15, 0.2) is 0 Å². The molecule has 0 radical (unpaired) electrons. The average molecular weight is 395 g/mol. The van der Waals surface area contributed by atoms with Crippen LogP contribution in [0.2, 0.25) is 0 Å². The number of ether oxygens (including phenoxy) is 1. The fourth-order valence-corrected chi connectivity index (χ4v) is 4.19. The van der Waals surface area contributed by atoms with Gasteiger partial charge in [-0.3, -0.25) is 4.21 Å². The standard InChI is InChI=1S/C18H19F2N3O3S/c1-26-13-4-3-10(7-14(13)27(2)25)15-12-5-6-18(19,20)16(12)22-17(21-15)23-8-11(24)9-23/h3-4,7,11,24H,5-6,8-9H2,1-2H3. The lowest BCUT2D eigenvalue weighted by Crippen LogP contribution is -2.51. The van der Waals surface area contributed by atoms with E-state index in [1.165, 1.54) is 13.4 Å². The van der Waals surface area contributed by atoms with Gasteiger partial charge in [-0.2, -0.15) is 8.78 Å². The van der Waals surface area contributed by atoms with Crippen LogP contribution in [0.4, 0.5) is 14.7 Å². The summed E-state index contributed by atoms with van der Waals surface area (Å²) < 4.78 is 46.0. The highest BCUT2D eigenvalue weighted by molar-refractivity contribution is 7.84. The summed E-state index contributed by atoms with van der Waals surface area (Å²) in [6.07, 6.45) is 0.907. The maximum atomic E-state index is 14.4. The molecule has 6 nitrogen and oxygen atoms in total. The van der Waals surface area contributed by atoms with Gasteiger partial charge in [0.05, 0.1) is 34.6 Å². The molecule has 0 saturated carbocycles. The molecule has 1 saturated heterocycles. The largest absolute Gasteiger partial charge is 0.495 e. The van der Waals surface area contributed by atoms with Gasteiger partial charge in [0, 0.05) is 36.9 Å². The Morgan fingerprint density at radius 2 is 2.07 bits per heavy atom. The summed E-state index contributed by atoms with van der Waals surface area (Å²) >= 11 is 0. The van der Waals surface area contributed by atoms with E-state index >= 15 is 0 Å². The van der Waals surface area contributed by atoms with Gasteiger partial charge >= 0.3 is 0 Å². The van der Waals surface area contributed by atoms with E-state index in [2.05, 4.69) is 9.97 Å². The maximum Gasteiger partial charge on any atom is 0.290 e. The first-order valence-corrected chi connectivity index (χ1v) is 10.1. The number of anilines is 1. The summed E-state index contributed by atoms with van der Waals surface area (Å²) in [5.41, 5.74) is 1.18. The second-order valence-corrected chi connectivity index (χ2v) is 8.13. The highest BCUT2D eigenvalue weighted by atomic mass is 32.2. The number of hydrogen-bond acceptors (Lipinski definition) is 6. The number of aromatic nitrogens is 2. The molecular weight excluding hydrogens is 376 g/mol. The Balaban J connectivity index is 1.88. The molecule has 1 aromatic carbocycles. The van der Waals surface area contributed by atoms with Crippen LogP contribution < -0.4 is 9.64 Å². The van der Waals surface area contributed by atoms with Gasteiger partial charge in [-0.1, -0.05) is 0 Å². The molecule has 2 aliphatic rings. The van der Waals surface area contributed by atoms with E-state index in [0.717, 1.165) is 0 Å². The number of fused-ring (bicyclic) bond motifs is 1. The van der Waals surface area contributed by atoms with Crippen LogP contribution in [0.3, 0.4) is 0 Å². The zero-order valence-electron chi connectivity index (χ0n) is 14.9. The number of benzene rings is 1. The maximum absolute atomic E-state index is 14.4. The predicted molar refractivity (Wildman–Crippen MR) is 96.8 cm³/mol. The van der Waals surface area contributed by atoms with Gasteiger partial charge in [-0.05, 0) is 24.6 Å². The lowest BCUT2D eigenvalue weighted by atomic mass is 10.0. The fraction of sp³-hybridized carbons (Fsp3) is 0.444. The second-order valence-electron chi connectivity index (χ2n) is 6.78. The molecule has 1 unspecified atom stereocenters. The number of hydrogen-bond donors (Lipinski definition) is 1. The van der Waals surface area contributed by atoms with Gasteiger partial charge in [0.25, 0.3) is 5.92 Å². The number of rotatable bonds is 4. The van der Waals surface area contributed by atoms with Gasteiger partial charge in [0.2, 0.25) is 5.95 Å². The van der Waals surface area contributed by atoms with E-state index in [1.807, 2.05) is 0 Å². The average Bonchev–Trinajstić information content (AvgIpc) is 2.92. The third-order valence-corrected chi connectivity index (χ3v) is 5.86. The van der Waals surface area contributed by atoms with Crippen LogP contribution in [0, 0.1) is 0 Å². The van der Waals surface area contributed by atoms with Gasteiger partial charge in [0.1, 0.15) is 11.4 Å². The van der Waals surface area contributed by atoms with Gasteiger partial charge < -0.3 is 14.7 Å². The third-order valence-electron chi connectivity index (χ3n) is 4.92. The van der Waals surface area contributed by atoms with E-state index in [0.29, 0.717) is 40.6 Å². The highest BCUT2D eigenvalue weighted by Crippen LogP contribution is 2.45. The molecule has 0 bridgehead atoms. The minimum absolute atomic E-state index is 0.178. The molecule has 1 fully saturated rings. The normalized spacial score (nSPS) is 19.5. The Morgan fingerprint density at radius 1 is 1.33 bits per heavy atom. The molecule has 0 amide bonds. The Labute approximate surface area is 157 Å². The number of alkyl halides is 2. The van der Waals surface area contributed by atoms with Crippen LogP contribution in [0.25, 0.3) is 11.3 Å². The molecule has 1 aliphatic heterocycles. The molecule has 27 heavy (non-hydrogen) atoms. The monoisotopic (exact) mass is 395 g/mol. The van der Waals surface area contributed by atoms with E-state index in [4.69, 9.17) is 4.74 Å². The van der Waals surface area contributed by atoms with Crippen LogP contribution in [0.1, 0.15) is 17.7 Å². The number of methoxy groups -OCH3 is 1. The van der Waals surface area contributed by atoms with Gasteiger partial charge in [-0.15, -0.1) is 0 Å².